The van der Waals surface area contributed by atoms with Crippen molar-refractivity contribution in [1.82, 2.24) is 0 Å². The van der Waals surface area contributed by atoms with Crippen LogP contribution in [0.15, 0.2) is 29.6 Å². The molecule has 0 aliphatic carbocycles. The number of nitro groups is 1. The smallest absolute Gasteiger partial charge is 0.314 e. The Kier molecular flexibility index (Phi) is 2.32. The maximum Gasteiger partial charge on any atom is 0.314 e. The van der Waals surface area contributed by atoms with E-state index in [1.165, 1.54) is 24.3 Å². The van der Waals surface area contributed by atoms with Crippen LogP contribution in [-0.2, 0) is 0 Å². The van der Waals surface area contributed by atoms with Crippen molar-refractivity contribution in [2.45, 2.75) is 0 Å². The van der Waals surface area contributed by atoms with E-state index in [9.17, 15) is 15.0 Å². The van der Waals surface area contributed by atoms with Gasteiger partial charge in [0.15, 0.2) is 5.34 Å². The second-order valence-corrected chi connectivity index (χ2v) is 1.89. The summed E-state index contributed by atoms with van der Waals surface area (Å²) in [5.74, 6) is -0.155. The number of rotatable bonds is 3. The van der Waals surface area contributed by atoms with Crippen LogP contribution in [0.3, 0.4) is 0 Å². The van der Waals surface area contributed by atoms with Crippen molar-refractivity contribution in [3.05, 3.63) is 39.3 Å². The van der Waals surface area contributed by atoms with Gasteiger partial charge in [-0.2, -0.15) is 0 Å². The lowest BCUT2D eigenvalue weighted by Gasteiger charge is -1.95. The molecule has 0 heterocycles. The zero-order valence-corrected chi connectivity index (χ0v) is 5.84. The van der Waals surface area contributed by atoms with Gasteiger partial charge in [0.05, 0.1) is 4.92 Å². The quantitative estimate of drug-likeness (QED) is 0.390. The van der Waals surface area contributed by atoms with E-state index in [0.717, 1.165) is 0 Å². The van der Waals surface area contributed by atoms with Crippen molar-refractivity contribution >= 4 is 5.69 Å². The fraction of sp³-hybridized carbons (Fsp3) is 0. The van der Waals surface area contributed by atoms with Crippen LogP contribution >= 0.6 is 0 Å². The minimum Gasteiger partial charge on any atom is -0.317 e. The van der Waals surface area contributed by atoms with E-state index in [-0.39, 0.29) is 11.4 Å². The first kappa shape index (κ1) is 8.12. The third kappa shape index (κ3) is 1.54. The zero-order valence-electron chi connectivity index (χ0n) is 5.84. The Hall–Kier alpha value is -1.98. The van der Waals surface area contributed by atoms with Gasteiger partial charge in [-0.3, -0.25) is 10.1 Å². The van der Waals surface area contributed by atoms with Gasteiger partial charge < -0.3 is 4.84 Å². The lowest BCUT2D eigenvalue weighted by molar-refractivity contribution is -0.385. The largest absolute Gasteiger partial charge is 0.317 e. The van der Waals surface area contributed by atoms with Crippen LogP contribution in [0.25, 0.3) is 0 Å². The zero-order chi connectivity index (χ0) is 8.97. The number of hydrogen-bond donors (Lipinski definition) is 0. The summed E-state index contributed by atoms with van der Waals surface area (Å²) in [5.41, 5.74) is -0.280. The van der Waals surface area contributed by atoms with Gasteiger partial charge in [-0.1, -0.05) is 12.1 Å². The Morgan fingerprint density at radius 3 is 2.67 bits per heavy atom. The lowest BCUT2D eigenvalue weighted by atomic mass is 10.3. The molecule has 1 aromatic rings. The fourth-order valence-electron chi connectivity index (χ4n) is 0.725. The van der Waals surface area contributed by atoms with E-state index in [0.29, 0.717) is 0 Å². The summed E-state index contributed by atoms with van der Waals surface area (Å²) in [6, 6.07) is 5.49. The lowest BCUT2D eigenvalue weighted by Crippen LogP contribution is -1.91. The minimum absolute atomic E-state index is 0.155. The molecule has 0 atom stereocenters. The molecule has 1 aromatic carbocycles. The number of para-hydroxylation sites is 2. The van der Waals surface area contributed by atoms with Crippen LogP contribution in [0, 0.1) is 15.0 Å². The van der Waals surface area contributed by atoms with Crippen molar-refractivity contribution in [3.63, 3.8) is 0 Å². The van der Waals surface area contributed by atoms with Crippen molar-refractivity contribution in [1.29, 1.82) is 0 Å². The van der Waals surface area contributed by atoms with E-state index < -0.39 is 4.92 Å². The molecule has 62 valence electrons. The molecule has 0 spiro atoms. The number of nitro benzene ring substituents is 1. The summed E-state index contributed by atoms with van der Waals surface area (Å²) in [5, 5.41) is 12.4. The molecular weight excluding hydrogens is 164 g/mol. The molecule has 0 amide bonds. The molecule has 0 bridgehead atoms. The van der Waals surface area contributed by atoms with E-state index in [1.54, 1.807) is 0 Å². The summed E-state index contributed by atoms with van der Waals surface area (Å²) >= 11 is 0. The molecule has 6 nitrogen and oxygen atoms in total. The fourth-order valence-corrected chi connectivity index (χ4v) is 0.725. The first-order valence-corrected chi connectivity index (χ1v) is 2.99. The maximum atomic E-state index is 10.3. The highest BCUT2D eigenvalue weighted by Gasteiger charge is 2.13. The number of nitrogens with zero attached hydrogens (tertiary/aromatic N) is 2. The Labute approximate surface area is 66.8 Å². The molecule has 0 aliphatic rings. The van der Waals surface area contributed by atoms with Gasteiger partial charge in [0.1, 0.15) is 0 Å². The number of benzene rings is 1. The Morgan fingerprint density at radius 1 is 1.42 bits per heavy atom. The second kappa shape index (κ2) is 3.42. The molecule has 1 rings (SSSR count). The Bertz CT molecular complexity index is 312. The van der Waals surface area contributed by atoms with Gasteiger partial charge in [-0.15, -0.1) is 4.91 Å². The molecule has 6 heteroatoms. The van der Waals surface area contributed by atoms with E-state index >= 15 is 0 Å². The molecule has 0 radical (unpaired) electrons. The topological polar surface area (TPSA) is 81.8 Å². The summed E-state index contributed by atoms with van der Waals surface area (Å²) < 4.78 is 0. The third-order valence-electron chi connectivity index (χ3n) is 1.20. The van der Waals surface area contributed by atoms with Crippen molar-refractivity contribution in [2.24, 2.45) is 5.34 Å². The van der Waals surface area contributed by atoms with Crippen molar-refractivity contribution < 1.29 is 9.76 Å². The van der Waals surface area contributed by atoms with Gasteiger partial charge in [0.2, 0.25) is 5.75 Å². The molecule has 12 heavy (non-hydrogen) atoms. The Balaban J connectivity index is 3.07. The normalized spacial score (nSPS) is 9.00. The van der Waals surface area contributed by atoms with Crippen LogP contribution in [0.4, 0.5) is 5.69 Å². The SMILES string of the molecule is O=NOc1ccccc1[N+](=O)[O-]. The predicted molar refractivity (Wildman–Crippen MR) is 39.5 cm³/mol. The van der Waals surface area contributed by atoms with Gasteiger partial charge >= 0.3 is 5.69 Å². The summed E-state index contributed by atoms with van der Waals surface area (Å²) in [6.07, 6.45) is 0. The Morgan fingerprint density at radius 2 is 2.08 bits per heavy atom. The highest BCUT2D eigenvalue weighted by Crippen LogP contribution is 2.25. The predicted octanol–water partition coefficient (Wildman–Crippen LogP) is 1.66. The summed E-state index contributed by atoms with van der Waals surface area (Å²) in [4.78, 5) is 23.4. The van der Waals surface area contributed by atoms with Crippen LogP contribution in [0.5, 0.6) is 5.75 Å². The molecule has 0 unspecified atom stereocenters. The van der Waals surface area contributed by atoms with Gasteiger partial charge in [0, 0.05) is 6.07 Å². The number of hydrogen-bond acceptors (Lipinski definition) is 5. The van der Waals surface area contributed by atoms with Crippen LogP contribution < -0.4 is 4.84 Å². The summed E-state index contributed by atoms with van der Waals surface area (Å²) in [7, 11) is 0. The molecule has 0 aliphatic heterocycles. The van der Waals surface area contributed by atoms with Gasteiger partial charge in [0.25, 0.3) is 0 Å². The highest BCUT2D eigenvalue weighted by atomic mass is 16.7. The van der Waals surface area contributed by atoms with E-state index in [1.807, 2.05) is 0 Å². The van der Waals surface area contributed by atoms with Crippen LogP contribution in [0.1, 0.15) is 0 Å². The summed E-state index contributed by atoms with van der Waals surface area (Å²) in [6.45, 7) is 0. The van der Waals surface area contributed by atoms with Crippen LogP contribution in [-0.4, -0.2) is 4.92 Å². The second-order valence-electron chi connectivity index (χ2n) is 1.89. The van der Waals surface area contributed by atoms with Crippen molar-refractivity contribution in [2.75, 3.05) is 0 Å². The standard InChI is InChI=1S/C6H4N2O4/c9-7-12-6-4-2-1-3-5(6)8(10)11/h1-4H. The monoisotopic (exact) mass is 168 g/mol. The first-order chi connectivity index (χ1) is 5.75. The molecular formula is C6H4N2O4. The molecule has 0 saturated heterocycles. The maximum absolute atomic E-state index is 10.3. The average molecular weight is 168 g/mol. The first-order valence-electron chi connectivity index (χ1n) is 2.99. The third-order valence-corrected chi connectivity index (χ3v) is 1.20. The van der Waals surface area contributed by atoms with Crippen LogP contribution in [0.2, 0.25) is 0 Å². The van der Waals surface area contributed by atoms with E-state index in [2.05, 4.69) is 10.2 Å². The molecule has 0 aromatic heterocycles. The van der Waals surface area contributed by atoms with Gasteiger partial charge in [-0.25, -0.2) is 0 Å². The van der Waals surface area contributed by atoms with E-state index in [4.69, 9.17) is 0 Å². The average Bonchev–Trinajstić information content (AvgIpc) is 2.05. The van der Waals surface area contributed by atoms with Crippen molar-refractivity contribution in [3.8, 4) is 5.75 Å². The highest BCUT2D eigenvalue weighted by molar-refractivity contribution is 5.45. The minimum atomic E-state index is -0.652. The molecule has 0 N–H and O–H groups in total. The van der Waals surface area contributed by atoms with Gasteiger partial charge in [-0.05, 0) is 6.07 Å². The molecule has 0 saturated carbocycles. The molecule has 0 fully saturated rings.